The maximum absolute atomic E-state index is 12.8. The highest BCUT2D eigenvalue weighted by Gasteiger charge is 2.40. The summed E-state index contributed by atoms with van der Waals surface area (Å²) >= 11 is 0. The van der Waals surface area contributed by atoms with Gasteiger partial charge in [0.05, 0.1) is 11.8 Å². The first-order valence-corrected chi connectivity index (χ1v) is 11.3. The Morgan fingerprint density at radius 2 is 1.33 bits per heavy atom. The Morgan fingerprint density at radius 3 is 2.06 bits per heavy atom. The second kappa shape index (κ2) is 8.61. The number of aromatic amines is 1. The van der Waals surface area contributed by atoms with Crippen molar-refractivity contribution in [2.75, 3.05) is 0 Å². The molecule has 3 nitrogen and oxygen atoms in total. The Bertz CT molecular complexity index is 1370. The van der Waals surface area contributed by atoms with E-state index in [4.69, 9.17) is 4.74 Å². The van der Waals surface area contributed by atoms with Gasteiger partial charge in [-0.1, -0.05) is 97.1 Å². The maximum atomic E-state index is 12.8. The number of fused-ring (bicyclic) bond motifs is 1. The van der Waals surface area contributed by atoms with Crippen molar-refractivity contribution in [2.24, 2.45) is 0 Å². The molecule has 0 aliphatic heterocycles. The van der Waals surface area contributed by atoms with Crippen molar-refractivity contribution in [1.82, 2.24) is 4.98 Å². The highest BCUT2D eigenvalue weighted by Crippen LogP contribution is 2.46. The molecule has 4 aromatic carbocycles. The largest absolute Gasteiger partial charge is 0.491 e. The molecule has 5 rings (SSSR count). The lowest BCUT2D eigenvalue weighted by Gasteiger charge is -2.32. The SMILES string of the molecule is CC(C)Oc1ccccc1C(O)(c1ccccc1)c1[nH]c2ccccc2c1-c1ccccc1. The molecule has 1 atom stereocenters. The van der Waals surface area contributed by atoms with Crippen LogP contribution in [-0.4, -0.2) is 16.2 Å². The quantitative estimate of drug-likeness (QED) is 0.306. The van der Waals surface area contributed by atoms with E-state index >= 15 is 0 Å². The molecule has 164 valence electrons. The van der Waals surface area contributed by atoms with Crippen LogP contribution in [0, 0.1) is 0 Å². The summed E-state index contributed by atoms with van der Waals surface area (Å²) < 4.78 is 6.18. The van der Waals surface area contributed by atoms with Crippen LogP contribution in [-0.2, 0) is 5.60 Å². The lowest BCUT2D eigenvalue weighted by Crippen LogP contribution is -2.31. The summed E-state index contributed by atoms with van der Waals surface area (Å²) in [5.74, 6) is 0.663. The van der Waals surface area contributed by atoms with Crippen molar-refractivity contribution >= 4 is 10.9 Å². The van der Waals surface area contributed by atoms with Crippen molar-refractivity contribution in [3.05, 3.63) is 126 Å². The fourth-order valence-electron chi connectivity index (χ4n) is 4.55. The first kappa shape index (κ1) is 21.0. The van der Waals surface area contributed by atoms with Gasteiger partial charge in [0.25, 0.3) is 0 Å². The van der Waals surface area contributed by atoms with Crippen LogP contribution in [0.3, 0.4) is 0 Å². The molecule has 3 heteroatoms. The molecule has 2 N–H and O–H groups in total. The summed E-state index contributed by atoms with van der Waals surface area (Å²) in [6, 6.07) is 36.0. The van der Waals surface area contributed by atoms with Gasteiger partial charge in [-0.3, -0.25) is 0 Å². The molecular formula is C30H27NO2. The van der Waals surface area contributed by atoms with E-state index in [1.807, 2.05) is 105 Å². The molecule has 0 aliphatic carbocycles. The van der Waals surface area contributed by atoms with Crippen LogP contribution in [0.4, 0.5) is 0 Å². The second-order valence-electron chi connectivity index (χ2n) is 8.53. The average Bonchev–Trinajstić information content (AvgIpc) is 3.25. The minimum Gasteiger partial charge on any atom is -0.491 e. The molecule has 1 unspecified atom stereocenters. The lowest BCUT2D eigenvalue weighted by molar-refractivity contribution is 0.115. The number of nitrogens with one attached hydrogen (secondary N) is 1. The molecule has 0 spiro atoms. The Morgan fingerprint density at radius 1 is 0.727 bits per heavy atom. The van der Waals surface area contributed by atoms with Gasteiger partial charge < -0.3 is 14.8 Å². The third-order valence-electron chi connectivity index (χ3n) is 5.96. The Hall–Kier alpha value is -3.82. The van der Waals surface area contributed by atoms with Crippen molar-refractivity contribution < 1.29 is 9.84 Å². The van der Waals surface area contributed by atoms with Crippen molar-refractivity contribution in [3.63, 3.8) is 0 Å². The molecule has 0 saturated heterocycles. The molecule has 0 fully saturated rings. The van der Waals surface area contributed by atoms with Gasteiger partial charge in [-0.15, -0.1) is 0 Å². The zero-order valence-corrected chi connectivity index (χ0v) is 18.8. The lowest BCUT2D eigenvalue weighted by atomic mass is 9.80. The summed E-state index contributed by atoms with van der Waals surface area (Å²) in [7, 11) is 0. The minimum absolute atomic E-state index is 0.0255. The molecule has 0 radical (unpaired) electrons. The molecule has 5 aromatic rings. The zero-order valence-electron chi connectivity index (χ0n) is 18.8. The van der Waals surface area contributed by atoms with Crippen LogP contribution < -0.4 is 4.74 Å². The molecule has 1 heterocycles. The van der Waals surface area contributed by atoms with Gasteiger partial charge in [0, 0.05) is 22.0 Å². The monoisotopic (exact) mass is 433 g/mol. The Labute approximate surface area is 194 Å². The van der Waals surface area contributed by atoms with E-state index in [1.165, 1.54) is 0 Å². The van der Waals surface area contributed by atoms with Crippen molar-refractivity contribution in [1.29, 1.82) is 0 Å². The van der Waals surface area contributed by atoms with Gasteiger partial charge in [0.1, 0.15) is 5.75 Å². The van der Waals surface area contributed by atoms with Gasteiger partial charge in [-0.05, 0) is 37.1 Å². The summed E-state index contributed by atoms with van der Waals surface area (Å²) in [6.45, 7) is 3.99. The number of aromatic nitrogens is 1. The molecule has 0 amide bonds. The number of ether oxygens (including phenoxy) is 1. The molecule has 33 heavy (non-hydrogen) atoms. The van der Waals surface area contributed by atoms with Crippen LogP contribution in [0.25, 0.3) is 22.0 Å². The van der Waals surface area contributed by atoms with E-state index in [0.717, 1.165) is 33.3 Å². The smallest absolute Gasteiger partial charge is 0.159 e. The number of H-pyrrole nitrogens is 1. The van der Waals surface area contributed by atoms with Crippen molar-refractivity contribution in [2.45, 2.75) is 25.6 Å². The standard InChI is InChI=1S/C30H27NO2/c1-21(2)33-27-20-12-10-18-25(27)30(32,23-15-7-4-8-16-23)29-28(22-13-5-3-6-14-22)24-17-9-11-19-26(24)31-29/h3-21,31-32H,1-2H3. The highest BCUT2D eigenvalue weighted by molar-refractivity contribution is 5.98. The molecule has 0 aliphatic rings. The maximum Gasteiger partial charge on any atom is 0.159 e. The van der Waals surface area contributed by atoms with Gasteiger partial charge in [-0.25, -0.2) is 0 Å². The van der Waals surface area contributed by atoms with Gasteiger partial charge in [0.2, 0.25) is 0 Å². The molecule has 1 aromatic heterocycles. The van der Waals surface area contributed by atoms with Crippen LogP contribution in [0.15, 0.2) is 109 Å². The number of hydrogen-bond acceptors (Lipinski definition) is 2. The zero-order chi connectivity index (χ0) is 22.8. The normalized spacial score (nSPS) is 13.2. The first-order chi connectivity index (χ1) is 16.1. The second-order valence-corrected chi connectivity index (χ2v) is 8.53. The van der Waals surface area contributed by atoms with Gasteiger partial charge >= 0.3 is 0 Å². The topological polar surface area (TPSA) is 45.2 Å². The van der Waals surface area contributed by atoms with Crippen LogP contribution in [0.2, 0.25) is 0 Å². The fraction of sp³-hybridized carbons (Fsp3) is 0.133. The Kier molecular flexibility index (Phi) is 5.49. The van der Waals surface area contributed by atoms with Crippen LogP contribution >= 0.6 is 0 Å². The Balaban J connectivity index is 1.88. The van der Waals surface area contributed by atoms with E-state index in [0.29, 0.717) is 11.3 Å². The summed E-state index contributed by atoms with van der Waals surface area (Å²) in [4.78, 5) is 3.58. The van der Waals surface area contributed by atoms with E-state index in [9.17, 15) is 5.11 Å². The summed E-state index contributed by atoms with van der Waals surface area (Å²) in [5, 5.41) is 13.8. The third kappa shape index (κ3) is 3.71. The summed E-state index contributed by atoms with van der Waals surface area (Å²) in [6.07, 6.45) is -0.0255. The first-order valence-electron chi connectivity index (χ1n) is 11.3. The minimum atomic E-state index is -1.46. The number of benzene rings is 4. The average molecular weight is 434 g/mol. The van der Waals surface area contributed by atoms with E-state index < -0.39 is 5.60 Å². The predicted octanol–water partition coefficient (Wildman–Crippen LogP) is 6.91. The van der Waals surface area contributed by atoms with E-state index in [-0.39, 0.29) is 6.10 Å². The van der Waals surface area contributed by atoms with Crippen LogP contribution in [0.1, 0.15) is 30.7 Å². The predicted molar refractivity (Wildman–Crippen MR) is 134 cm³/mol. The number of hydrogen-bond donors (Lipinski definition) is 2. The van der Waals surface area contributed by atoms with E-state index in [1.54, 1.807) is 0 Å². The van der Waals surface area contributed by atoms with Gasteiger partial charge in [-0.2, -0.15) is 0 Å². The van der Waals surface area contributed by atoms with Crippen molar-refractivity contribution in [3.8, 4) is 16.9 Å². The summed E-state index contributed by atoms with van der Waals surface area (Å²) in [5.41, 5.74) is 3.74. The van der Waals surface area contributed by atoms with E-state index in [2.05, 4.69) is 23.2 Å². The number of rotatable bonds is 6. The van der Waals surface area contributed by atoms with Gasteiger partial charge in [0.15, 0.2) is 5.60 Å². The molecule has 0 bridgehead atoms. The van der Waals surface area contributed by atoms with Crippen LogP contribution in [0.5, 0.6) is 5.75 Å². The molecule has 0 saturated carbocycles. The number of aliphatic hydroxyl groups is 1. The third-order valence-corrected chi connectivity index (χ3v) is 5.96. The highest BCUT2D eigenvalue weighted by atomic mass is 16.5. The fourth-order valence-corrected chi connectivity index (χ4v) is 4.55. The number of para-hydroxylation sites is 2. The molecular weight excluding hydrogens is 406 g/mol.